The van der Waals surface area contributed by atoms with E-state index in [-0.39, 0.29) is 5.54 Å². The van der Waals surface area contributed by atoms with Gasteiger partial charge in [-0.15, -0.1) is 0 Å². The third-order valence-corrected chi connectivity index (χ3v) is 4.19. The lowest BCUT2D eigenvalue weighted by Crippen LogP contribution is -2.40. The molecule has 0 spiro atoms. The van der Waals surface area contributed by atoms with Gasteiger partial charge in [0.15, 0.2) is 0 Å². The molecule has 1 aromatic carbocycles. The fourth-order valence-electron chi connectivity index (χ4n) is 2.24. The van der Waals surface area contributed by atoms with Crippen molar-refractivity contribution in [2.45, 2.75) is 45.6 Å². The van der Waals surface area contributed by atoms with Crippen molar-refractivity contribution in [3.63, 3.8) is 0 Å². The van der Waals surface area contributed by atoms with Crippen molar-refractivity contribution in [1.29, 1.82) is 0 Å². The molecule has 17 heavy (non-hydrogen) atoms. The van der Waals surface area contributed by atoms with Crippen molar-refractivity contribution in [3.05, 3.63) is 23.8 Å². The number of anilines is 2. The Morgan fingerprint density at radius 2 is 2.12 bits per heavy atom. The first-order chi connectivity index (χ1) is 8.04. The monoisotopic (exact) mass is 232 g/mol. The first-order valence-electron chi connectivity index (χ1n) is 6.65. The van der Waals surface area contributed by atoms with Crippen molar-refractivity contribution in [2.24, 2.45) is 0 Å². The van der Waals surface area contributed by atoms with Crippen LogP contribution in [0.25, 0.3) is 0 Å². The van der Waals surface area contributed by atoms with Crippen LogP contribution in [0.15, 0.2) is 18.2 Å². The Bertz CT molecular complexity index is 396. The average molecular weight is 232 g/mol. The molecular formula is C15H24N2. The largest absolute Gasteiger partial charge is 0.385 e. The normalized spacial score (nSPS) is 15.1. The van der Waals surface area contributed by atoms with E-state index in [0.717, 1.165) is 13.0 Å². The van der Waals surface area contributed by atoms with Crippen LogP contribution >= 0.6 is 0 Å². The number of fused-ring (bicyclic) bond motifs is 1. The van der Waals surface area contributed by atoms with Gasteiger partial charge in [-0.05, 0) is 50.8 Å². The van der Waals surface area contributed by atoms with E-state index in [4.69, 9.17) is 0 Å². The molecule has 1 heterocycles. The van der Waals surface area contributed by atoms with E-state index >= 15 is 0 Å². The van der Waals surface area contributed by atoms with Crippen molar-refractivity contribution >= 4 is 11.4 Å². The van der Waals surface area contributed by atoms with Crippen molar-refractivity contribution in [3.8, 4) is 0 Å². The van der Waals surface area contributed by atoms with Crippen molar-refractivity contribution in [1.82, 2.24) is 0 Å². The van der Waals surface area contributed by atoms with E-state index in [1.807, 2.05) is 0 Å². The molecule has 2 heteroatoms. The second kappa shape index (κ2) is 4.59. The summed E-state index contributed by atoms with van der Waals surface area (Å²) < 4.78 is 0. The van der Waals surface area contributed by atoms with Crippen LogP contribution in [0.2, 0.25) is 0 Å². The summed E-state index contributed by atoms with van der Waals surface area (Å²) in [4.78, 5) is 2.38. The molecule has 0 radical (unpaired) electrons. The topological polar surface area (TPSA) is 15.3 Å². The minimum absolute atomic E-state index is 0.211. The smallest absolute Gasteiger partial charge is 0.0393 e. The minimum atomic E-state index is 0.211. The molecule has 0 unspecified atom stereocenters. The molecule has 1 aromatic rings. The molecule has 0 fully saturated rings. The van der Waals surface area contributed by atoms with Crippen molar-refractivity contribution in [2.75, 3.05) is 23.8 Å². The summed E-state index contributed by atoms with van der Waals surface area (Å²) in [7, 11) is 2.19. The van der Waals surface area contributed by atoms with Gasteiger partial charge in [0.2, 0.25) is 0 Å². The number of aryl methyl sites for hydroxylation is 1. The highest BCUT2D eigenvalue weighted by Gasteiger charge is 2.22. The number of hydrogen-bond donors (Lipinski definition) is 1. The second-order valence-corrected chi connectivity index (χ2v) is 5.60. The average Bonchev–Trinajstić information content (AvgIpc) is 2.37. The van der Waals surface area contributed by atoms with Crippen LogP contribution in [0.3, 0.4) is 0 Å². The van der Waals surface area contributed by atoms with Gasteiger partial charge in [0.05, 0.1) is 0 Å². The van der Waals surface area contributed by atoms with Gasteiger partial charge in [-0.25, -0.2) is 0 Å². The summed E-state index contributed by atoms with van der Waals surface area (Å²) in [5.74, 6) is 0. The van der Waals surface area contributed by atoms with Gasteiger partial charge in [0.25, 0.3) is 0 Å². The van der Waals surface area contributed by atoms with Gasteiger partial charge < -0.3 is 10.2 Å². The Kier molecular flexibility index (Phi) is 3.32. The van der Waals surface area contributed by atoms with Gasteiger partial charge >= 0.3 is 0 Å². The summed E-state index contributed by atoms with van der Waals surface area (Å²) in [5.41, 5.74) is 4.31. The van der Waals surface area contributed by atoms with E-state index in [9.17, 15) is 0 Å². The molecule has 2 rings (SSSR count). The molecule has 1 aliphatic rings. The predicted octanol–water partition coefficient (Wildman–Crippen LogP) is 3.67. The molecule has 2 nitrogen and oxygen atoms in total. The zero-order valence-electron chi connectivity index (χ0n) is 11.5. The maximum Gasteiger partial charge on any atom is 0.0393 e. The molecule has 0 bridgehead atoms. The molecule has 0 aromatic heterocycles. The number of benzene rings is 1. The minimum Gasteiger partial charge on any atom is -0.385 e. The molecule has 94 valence electrons. The molecule has 0 saturated heterocycles. The lowest BCUT2D eigenvalue weighted by molar-refractivity contribution is 0.471. The SMILES string of the molecule is CCC(C)(C)N(C)c1ccc2c(c1)NCCC2. The first kappa shape index (κ1) is 12.3. The highest BCUT2D eigenvalue weighted by Crippen LogP contribution is 2.30. The Balaban J connectivity index is 2.28. The summed E-state index contributed by atoms with van der Waals surface area (Å²) in [5, 5.41) is 3.50. The standard InChI is InChI=1S/C15H24N2/c1-5-15(2,3)17(4)13-9-8-12-7-6-10-16-14(12)11-13/h8-9,11,16H,5-7,10H2,1-4H3. The van der Waals surface area contributed by atoms with Crippen LogP contribution in [0.5, 0.6) is 0 Å². The van der Waals surface area contributed by atoms with E-state index < -0.39 is 0 Å². The van der Waals surface area contributed by atoms with Gasteiger partial charge in [0.1, 0.15) is 0 Å². The fraction of sp³-hybridized carbons (Fsp3) is 0.600. The Morgan fingerprint density at radius 3 is 2.82 bits per heavy atom. The lowest BCUT2D eigenvalue weighted by atomic mass is 9.97. The number of nitrogens with one attached hydrogen (secondary N) is 1. The zero-order valence-corrected chi connectivity index (χ0v) is 11.5. The molecule has 0 aliphatic carbocycles. The van der Waals surface area contributed by atoms with Crippen LogP contribution in [0, 0.1) is 0 Å². The third kappa shape index (κ3) is 2.41. The van der Waals surface area contributed by atoms with Crippen LogP contribution in [-0.2, 0) is 6.42 Å². The zero-order chi connectivity index (χ0) is 12.5. The molecule has 0 saturated carbocycles. The van der Waals surface area contributed by atoms with Crippen LogP contribution in [0.1, 0.15) is 39.2 Å². The lowest BCUT2D eigenvalue weighted by Gasteiger charge is -2.37. The highest BCUT2D eigenvalue weighted by molar-refractivity contribution is 5.63. The summed E-state index contributed by atoms with van der Waals surface area (Å²) in [6, 6.07) is 6.83. The Morgan fingerprint density at radius 1 is 1.35 bits per heavy atom. The van der Waals surface area contributed by atoms with Gasteiger partial charge in [0, 0.05) is 30.5 Å². The van der Waals surface area contributed by atoms with E-state index in [1.165, 1.54) is 29.8 Å². The summed E-state index contributed by atoms with van der Waals surface area (Å²) >= 11 is 0. The van der Waals surface area contributed by atoms with Crippen LogP contribution in [-0.4, -0.2) is 19.1 Å². The first-order valence-corrected chi connectivity index (χ1v) is 6.65. The Labute approximate surface area is 105 Å². The number of rotatable bonds is 3. The molecular weight excluding hydrogens is 208 g/mol. The molecule has 1 aliphatic heterocycles. The van der Waals surface area contributed by atoms with Gasteiger partial charge in [-0.3, -0.25) is 0 Å². The van der Waals surface area contributed by atoms with Crippen LogP contribution < -0.4 is 10.2 Å². The third-order valence-electron chi connectivity index (χ3n) is 4.19. The van der Waals surface area contributed by atoms with Gasteiger partial charge in [-0.1, -0.05) is 13.0 Å². The maximum atomic E-state index is 3.50. The number of nitrogens with zero attached hydrogens (tertiary/aromatic N) is 1. The fourth-order valence-corrected chi connectivity index (χ4v) is 2.24. The summed E-state index contributed by atoms with van der Waals surface area (Å²) in [6.45, 7) is 7.93. The quantitative estimate of drug-likeness (QED) is 0.855. The van der Waals surface area contributed by atoms with Crippen LogP contribution in [0.4, 0.5) is 11.4 Å². The highest BCUT2D eigenvalue weighted by atomic mass is 15.2. The van der Waals surface area contributed by atoms with E-state index in [0.29, 0.717) is 0 Å². The van der Waals surface area contributed by atoms with E-state index in [1.54, 1.807) is 0 Å². The predicted molar refractivity (Wildman–Crippen MR) is 76.0 cm³/mol. The Hall–Kier alpha value is -1.18. The summed E-state index contributed by atoms with van der Waals surface area (Å²) in [6.07, 6.45) is 3.61. The number of hydrogen-bond acceptors (Lipinski definition) is 2. The molecule has 1 N–H and O–H groups in total. The van der Waals surface area contributed by atoms with Crippen molar-refractivity contribution < 1.29 is 0 Å². The molecule has 0 amide bonds. The van der Waals surface area contributed by atoms with E-state index in [2.05, 4.69) is 56.2 Å². The van der Waals surface area contributed by atoms with Gasteiger partial charge in [-0.2, -0.15) is 0 Å². The second-order valence-electron chi connectivity index (χ2n) is 5.60. The maximum absolute atomic E-state index is 3.50. The molecule has 0 atom stereocenters.